The maximum Gasteiger partial charge on any atom is 0.251 e. The molecule has 5 nitrogen and oxygen atoms in total. The molecular weight excluding hydrogens is 238 g/mol. The highest BCUT2D eigenvalue weighted by molar-refractivity contribution is 7.14. The first kappa shape index (κ1) is 13.7. The molecule has 0 aromatic carbocycles. The molecule has 6 heteroatoms. The van der Waals surface area contributed by atoms with Gasteiger partial charge in [-0.2, -0.15) is 0 Å². The molecule has 17 heavy (non-hydrogen) atoms. The Hall–Kier alpha value is -1.40. The topological polar surface area (TPSA) is 98.2 Å². The van der Waals surface area contributed by atoms with Crippen LogP contribution in [0.1, 0.15) is 30.6 Å². The van der Waals surface area contributed by atoms with Crippen molar-refractivity contribution in [2.75, 3.05) is 11.9 Å². The smallest absolute Gasteiger partial charge is 0.251 e. The van der Waals surface area contributed by atoms with E-state index in [1.807, 2.05) is 6.92 Å². The average molecular weight is 255 g/mol. The zero-order valence-electron chi connectivity index (χ0n) is 9.95. The van der Waals surface area contributed by atoms with Crippen LogP contribution in [0.25, 0.3) is 0 Å². The Kier molecular flexibility index (Phi) is 4.25. The molecule has 0 spiro atoms. The van der Waals surface area contributed by atoms with Crippen molar-refractivity contribution in [3.63, 3.8) is 0 Å². The molecule has 1 heterocycles. The monoisotopic (exact) mass is 255 g/mol. The average Bonchev–Trinajstić information content (AvgIpc) is 2.76. The molecule has 1 atom stereocenters. The number of nitrogens with two attached hydrogens (primary N) is 2. The third-order valence-corrected chi connectivity index (χ3v) is 3.77. The number of carbonyl (C=O) groups is 2. The third-order valence-electron chi connectivity index (χ3n) is 2.94. The molecule has 0 saturated carbocycles. The maximum atomic E-state index is 12.0. The van der Waals surface area contributed by atoms with E-state index in [0.717, 1.165) is 0 Å². The predicted molar refractivity (Wildman–Crippen MR) is 68.9 cm³/mol. The van der Waals surface area contributed by atoms with E-state index in [4.69, 9.17) is 11.5 Å². The Morgan fingerprint density at radius 3 is 2.65 bits per heavy atom. The van der Waals surface area contributed by atoms with Crippen LogP contribution in [0, 0.1) is 5.41 Å². The minimum Gasteiger partial charge on any atom is -0.366 e. The van der Waals surface area contributed by atoms with Gasteiger partial charge in [0.1, 0.15) is 5.00 Å². The summed E-state index contributed by atoms with van der Waals surface area (Å²) in [4.78, 5) is 23.1. The first-order chi connectivity index (χ1) is 7.94. The van der Waals surface area contributed by atoms with Gasteiger partial charge >= 0.3 is 0 Å². The lowest BCUT2D eigenvalue weighted by molar-refractivity contribution is -0.124. The van der Waals surface area contributed by atoms with Crippen molar-refractivity contribution in [1.29, 1.82) is 0 Å². The molecule has 0 bridgehead atoms. The van der Waals surface area contributed by atoms with E-state index >= 15 is 0 Å². The molecule has 0 aliphatic carbocycles. The summed E-state index contributed by atoms with van der Waals surface area (Å²) in [6.07, 6.45) is 0.632. The molecule has 0 radical (unpaired) electrons. The summed E-state index contributed by atoms with van der Waals surface area (Å²) in [5, 5.41) is 4.90. The van der Waals surface area contributed by atoms with Gasteiger partial charge in [-0.1, -0.05) is 6.92 Å². The summed E-state index contributed by atoms with van der Waals surface area (Å²) in [7, 11) is 0. The Balaban J connectivity index is 2.88. The molecule has 2 amide bonds. The number of primary amides is 1. The van der Waals surface area contributed by atoms with E-state index in [-0.39, 0.29) is 12.5 Å². The van der Waals surface area contributed by atoms with Crippen LogP contribution >= 0.6 is 11.3 Å². The lowest BCUT2D eigenvalue weighted by atomic mass is 9.87. The number of rotatable bonds is 5. The van der Waals surface area contributed by atoms with E-state index in [1.165, 1.54) is 11.3 Å². The molecule has 0 aliphatic heterocycles. The second kappa shape index (κ2) is 5.29. The fourth-order valence-corrected chi connectivity index (χ4v) is 2.04. The number of thiophene rings is 1. The molecule has 0 saturated heterocycles. The summed E-state index contributed by atoms with van der Waals surface area (Å²) in [5.41, 5.74) is 10.5. The molecule has 0 fully saturated rings. The fourth-order valence-electron chi connectivity index (χ4n) is 1.25. The Bertz CT molecular complexity index is 424. The molecular formula is C11H17N3O2S. The Morgan fingerprint density at radius 2 is 2.18 bits per heavy atom. The van der Waals surface area contributed by atoms with Gasteiger partial charge in [0, 0.05) is 6.54 Å². The number of nitrogens with one attached hydrogen (secondary N) is 1. The van der Waals surface area contributed by atoms with Crippen LogP contribution in [0.5, 0.6) is 0 Å². The molecule has 1 aromatic heterocycles. The van der Waals surface area contributed by atoms with Crippen molar-refractivity contribution in [2.24, 2.45) is 16.9 Å². The molecule has 1 aromatic rings. The Morgan fingerprint density at radius 1 is 1.53 bits per heavy atom. The van der Waals surface area contributed by atoms with Gasteiger partial charge in [-0.25, -0.2) is 0 Å². The maximum absolute atomic E-state index is 12.0. The fraction of sp³-hybridized carbons (Fsp3) is 0.455. The number of carbonyl (C=O) groups excluding carboxylic acids is 2. The van der Waals surface area contributed by atoms with Gasteiger partial charge < -0.3 is 16.8 Å². The van der Waals surface area contributed by atoms with Crippen LogP contribution < -0.4 is 16.8 Å². The van der Waals surface area contributed by atoms with Crippen LogP contribution in [0.15, 0.2) is 11.4 Å². The minimum atomic E-state index is -0.626. The van der Waals surface area contributed by atoms with Crippen LogP contribution in [0.4, 0.5) is 5.00 Å². The second-order valence-electron chi connectivity index (χ2n) is 4.10. The predicted octanol–water partition coefficient (Wildman–Crippen LogP) is 1.16. The standard InChI is InChI=1S/C11H17N3O2S/c1-3-11(2,6-12)10(16)14-9-7(8(13)15)4-5-17-9/h4-5H,3,6,12H2,1-2H3,(H2,13,15)(H,14,16). The number of hydrogen-bond acceptors (Lipinski definition) is 4. The first-order valence-corrected chi connectivity index (χ1v) is 6.21. The number of anilines is 1. The zero-order valence-corrected chi connectivity index (χ0v) is 10.8. The normalized spacial score (nSPS) is 14.1. The second-order valence-corrected chi connectivity index (χ2v) is 5.02. The molecule has 1 rings (SSSR count). The van der Waals surface area contributed by atoms with E-state index in [1.54, 1.807) is 18.4 Å². The van der Waals surface area contributed by atoms with Gasteiger partial charge in [-0.05, 0) is 24.8 Å². The number of hydrogen-bond donors (Lipinski definition) is 3. The quantitative estimate of drug-likeness (QED) is 0.736. The van der Waals surface area contributed by atoms with Crippen LogP contribution in [0.3, 0.4) is 0 Å². The van der Waals surface area contributed by atoms with E-state index in [0.29, 0.717) is 17.0 Å². The Labute approximate surface area is 104 Å². The highest BCUT2D eigenvalue weighted by Crippen LogP contribution is 2.27. The van der Waals surface area contributed by atoms with Crippen molar-refractivity contribution < 1.29 is 9.59 Å². The highest BCUT2D eigenvalue weighted by Gasteiger charge is 2.30. The largest absolute Gasteiger partial charge is 0.366 e. The van der Waals surface area contributed by atoms with Crippen LogP contribution in [-0.2, 0) is 4.79 Å². The lowest BCUT2D eigenvalue weighted by Crippen LogP contribution is -2.39. The molecule has 0 aliphatic rings. The summed E-state index contributed by atoms with van der Waals surface area (Å²) >= 11 is 1.27. The summed E-state index contributed by atoms with van der Waals surface area (Å²) in [6.45, 7) is 3.95. The van der Waals surface area contributed by atoms with Gasteiger partial charge in [0.15, 0.2) is 0 Å². The molecule has 94 valence electrons. The van der Waals surface area contributed by atoms with Gasteiger partial charge in [0.2, 0.25) is 5.91 Å². The zero-order chi connectivity index (χ0) is 13.1. The van der Waals surface area contributed by atoms with Crippen molar-refractivity contribution in [1.82, 2.24) is 0 Å². The van der Waals surface area contributed by atoms with E-state index in [2.05, 4.69) is 5.32 Å². The molecule has 5 N–H and O–H groups in total. The van der Waals surface area contributed by atoms with E-state index < -0.39 is 11.3 Å². The van der Waals surface area contributed by atoms with Crippen LogP contribution in [0.2, 0.25) is 0 Å². The molecule has 1 unspecified atom stereocenters. The summed E-state index contributed by atoms with van der Waals surface area (Å²) in [5.74, 6) is -0.736. The lowest BCUT2D eigenvalue weighted by Gasteiger charge is -2.24. The van der Waals surface area contributed by atoms with Crippen LogP contribution in [-0.4, -0.2) is 18.4 Å². The summed E-state index contributed by atoms with van der Waals surface area (Å²) < 4.78 is 0. The first-order valence-electron chi connectivity index (χ1n) is 5.33. The third kappa shape index (κ3) is 2.83. The van der Waals surface area contributed by atoms with Crippen molar-refractivity contribution in [3.05, 3.63) is 17.0 Å². The number of amides is 2. The van der Waals surface area contributed by atoms with Gasteiger partial charge in [-0.15, -0.1) is 11.3 Å². The minimum absolute atomic E-state index is 0.188. The van der Waals surface area contributed by atoms with Crippen molar-refractivity contribution in [3.8, 4) is 0 Å². The van der Waals surface area contributed by atoms with Crippen molar-refractivity contribution in [2.45, 2.75) is 20.3 Å². The summed E-state index contributed by atoms with van der Waals surface area (Å²) in [6, 6.07) is 1.59. The highest BCUT2D eigenvalue weighted by atomic mass is 32.1. The van der Waals surface area contributed by atoms with Crippen molar-refractivity contribution >= 4 is 28.2 Å². The van der Waals surface area contributed by atoms with Gasteiger partial charge in [-0.3, -0.25) is 9.59 Å². The van der Waals surface area contributed by atoms with Gasteiger partial charge in [0.25, 0.3) is 5.91 Å². The SMILES string of the molecule is CCC(C)(CN)C(=O)Nc1sccc1C(N)=O. The van der Waals surface area contributed by atoms with Gasteiger partial charge in [0.05, 0.1) is 11.0 Å². The van der Waals surface area contributed by atoms with E-state index in [9.17, 15) is 9.59 Å².